The van der Waals surface area contributed by atoms with Crippen molar-refractivity contribution in [2.24, 2.45) is 5.92 Å². The topological polar surface area (TPSA) is 20.2 Å². The fourth-order valence-electron chi connectivity index (χ4n) is 2.16. The van der Waals surface area contributed by atoms with E-state index < -0.39 is 0 Å². The third-order valence-electron chi connectivity index (χ3n) is 3.03. The molecule has 1 heteroatoms. The molecule has 13 heavy (non-hydrogen) atoms. The highest BCUT2D eigenvalue weighted by Crippen LogP contribution is 2.27. The molecule has 1 nitrogen and oxygen atoms in total. The normalized spacial score (nSPS) is 21.8. The van der Waals surface area contributed by atoms with E-state index in [0.717, 1.165) is 12.8 Å². The van der Waals surface area contributed by atoms with Crippen molar-refractivity contribution < 1.29 is 5.11 Å². The Morgan fingerprint density at radius 3 is 2.38 bits per heavy atom. The molecule has 0 heterocycles. The predicted molar refractivity (Wildman–Crippen MR) is 55.3 cm³/mol. The minimum atomic E-state index is -0.144. The van der Waals surface area contributed by atoms with Gasteiger partial charge in [-0.25, -0.2) is 0 Å². The number of rotatable bonds is 3. The van der Waals surface area contributed by atoms with Gasteiger partial charge in [-0.1, -0.05) is 25.7 Å². The summed E-state index contributed by atoms with van der Waals surface area (Å²) in [6.45, 7) is 0. The Hall–Kier alpha value is -0.480. The Labute approximate surface area is 81.5 Å². The van der Waals surface area contributed by atoms with E-state index >= 15 is 0 Å². The second-order valence-corrected chi connectivity index (χ2v) is 4.06. The van der Waals surface area contributed by atoms with Crippen molar-refractivity contribution in [3.8, 4) is 12.3 Å². The van der Waals surface area contributed by atoms with E-state index in [0.29, 0.717) is 5.92 Å². The lowest BCUT2D eigenvalue weighted by molar-refractivity contribution is 0.0916. The molecule has 1 aliphatic rings. The van der Waals surface area contributed by atoms with E-state index in [1.807, 2.05) is 0 Å². The zero-order valence-electron chi connectivity index (χ0n) is 8.34. The first kappa shape index (κ1) is 10.6. The number of aliphatic hydroxyl groups excluding tert-OH is 1. The van der Waals surface area contributed by atoms with Gasteiger partial charge in [-0.3, -0.25) is 0 Å². The first-order valence-electron chi connectivity index (χ1n) is 5.46. The summed E-state index contributed by atoms with van der Waals surface area (Å²) in [7, 11) is 0. The molecule has 0 bridgehead atoms. The zero-order valence-corrected chi connectivity index (χ0v) is 8.34. The third-order valence-corrected chi connectivity index (χ3v) is 3.03. The number of hydrogen-bond donors (Lipinski definition) is 1. The van der Waals surface area contributed by atoms with Crippen LogP contribution < -0.4 is 0 Å². The maximum absolute atomic E-state index is 9.83. The van der Waals surface area contributed by atoms with Gasteiger partial charge in [-0.05, 0) is 25.2 Å². The summed E-state index contributed by atoms with van der Waals surface area (Å²) in [5.41, 5.74) is 0. The van der Waals surface area contributed by atoms with Gasteiger partial charge in [0.25, 0.3) is 0 Å². The van der Waals surface area contributed by atoms with Crippen molar-refractivity contribution in [3.63, 3.8) is 0 Å². The van der Waals surface area contributed by atoms with Crippen molar-refractivity contribution in [2.75, 3.05) is 0 Å². The highest BCUT2D eigenvalue weighted by atomic mass is 16.3. The van der Waals surface area contributed by atoms with Gasteiger partial charge in [-0.2, -0.15) is 0 Å². The van der Waals surface area contributed by atoms with Crippen LogP contribution in [0.4, 0.5) is 0 Å². The summed E-state index contributed by atoms with van der Waals surface area (Å²) in [6.07, 6.45) is 14.2. The molecule has 1 N–H and O–H groups in total. The number of terminal acetylenes is 1. The van der Waals surface area contributed by atoms with Crippen molar-refractivity contribution in [3.05, 3.63) is 0 Å². The van der Waals surface area contributed by atoms with Crippen LogP contribution in [-0.2, 0) is 0 Å². The Balaban J connectivity index is 2.27. The Morgan fingerprint density at radius 1 is 1.23 bits per heavy atom. The van der Waals surface area contributed by atoms with Crippen LogP contribution in [0.15, 0.2) is 0 Å². The molecule has 0 spiro atoms. The maximum Gasteiger partial charge on any atom is 0.0577 e. The molecule has 0 aliphatic heterocycles. The van der Waals surface area contributed by atoms with Crippen LogP contribution in [0.5, 0.6) is 0 Å². The molecule has 1 unspecified atom stereocenters. The van der Waals surface area contributed by atoms with Gasteiger partial charge < -0.3 is 5.11 Å². The minimum Gasteiger partial charge on any atom is -0.393 e. The van der Waals surface area contributed by atoms with Gasteiger partial charge in [0.1, 0.15) is 0 Å². The van der Waals surface area contributed by atoms with E-state index in [4.69, 9.17) is 6.42 Å². The Bertz CT molecular complexity index is 160. The third kappa shape index (κ3) is 3.83. The standard InChI is InChI=1S/C12H20O/c1-2-3-10-12(13)11-8-6-4-5-7-9-11/h1,11-13H,3-10H2. The van der Waals surface area contributed by atoms with Crippen LogP contribution in [0.3, 0.4) is 0 Å². The highest BCUT2D eigenvalue weighted by molar-refractivity contribution is 4.85. The van der Waals surface area contributed by atoms with Gasteiger partial charge in [0, 0.05) is 6.42 Å². The molecule has 0 radical (unpaired) electrons. The maximum atomic E-state index is 9.83. The Kier molecular flexibility index (Phi) is 4.93. The lowest BCUT2D eigenvalue weighted by Gasteiger charge is -2.20. The zero-order chi connectivity index (χ0) is 9.52. The summed E-state index contributed by atoms with van der Waals surface area (Å²) in [5, 5.41) is 9.83. The molecule has 1 atom stereocenters. The highest BCUT2D eigenvalue weighted by Gasteiger charge is 2.19. The van der Waals surface area contributed by atoms with E-state index in [9.17, 15) is 5.11 Å². The van der Waals surface area contributed by atoms with E-state index in [1.165, 1.54) is 38.5 Å². The van der Waals surface area contributed by atoms with Crippen LogP contribution in [0, 0.1) is 18.3 Å². The molecule has 1 saturated carbocycles. The lowest BCUT2D eigenvalue weighted by Crippen LogP contribution is -2.19. The monoisotopic (exact) mass is 180 g/mol. The molecule has 0 amide bonds. The van der Waals surface area contributed by atoms with Crippen molar-refractivity contribution >= 4 is 0 Å². The molecule has 1 rings (SSSR count). The summed E-state index contributed by atoms with van der Waals surface area (Å²) in [6, 6.07) is 0. The second kappa shape index (κ2) is 6.05. The molecular formula is C12H20O. The molecule has 1 aliphatic carbocycles. The van der Waals surface area contributed by atoms with E-state index in [-0.39, 0.29) is 6.10 Å². The molecule has 1 fully saturated rings. The molecule has 0 aromatic heterocycles. The van der Waals surface area contributed by atoms with E-state index in [2.05, 4.69) is 5.92 Å². The summed E-state index contributed by atoms with van der Waals surface area (Å²) in [4.78, 5) is 0. The molecular weight excluding hydrogens is 160 g/mol. The van der Waals surface area contributed by atoms with Crippen LogP contribution >= 0.6 is 0 Å². The van der Waals surface area contributed by atoms with Gasteiger partial charge in [0.15, 0.2) is 0 Å². The Morgan fingerprint density at radius 2 is 1.85 bits per heavy atom. The van der Waals surface area contributed by atoms with Crippen LogP contribution in [0.1, 0.15) is 51.4 Å². The largest absolute Gasteiger partial charge is 0.393 e. The van der Waals surface area contributed by atoms with Crippen molar-refractivity contribution in [2.45, 2.75) is 57.5 Å². The van der Waals surface area contributed by atoms with Crippen molar-refractivity contribution in [1.82, 2.24) is 0 Å². The summed E-state index contributed by atoms with van der Waals surface area (Å²) >= 11 is 0. The first-order chi connectivity index (χ1) is 6.34. The smallest absolute Gasteiger partial charge is 0.0577 e. The summed E-state index contributed by atoms with van der Waals surface area (Å²) < 4.78 is 0. The first-order valence-corrected chi connectivity index (χ1v) is 5.46. The molecule has 0 saturated heterocycles. The SMILES string of the molecule is C#CCCC(O)C1CCCCCC1. The molecule has 0 aromatic carbocycles. The second-order valence-electron chi connectivity index (χ2n) is 4.06. The minimum absolute atomic E-state index is 0.144. The average Bonchev–Trinajstić information content (AvgIpc) is 2.42. The molecule has 0 aromatic rings. The fourth-order valence-corrected chi connectivity index (χ4v) is 2.16. The van der Waals surface area contributed by atoms with Crippen LogP contribution in [0.2, 0.25) is 0 Å². The lowest BCUT2D eigenvalue weighted by atomic mass is 9.91. The van der Waals surface area contributed by atoms with Gasteiger partial charge in [0.05, 0.1) is 6.10 Å². The van der Waals surface area contributed by atoms with Gasteiger partial charge in [0.2, 0.25) is 0 Å². The number of aliphatic hydroxyl groups is 1. The molecule has 74 valence electrons. The van der Waals surface area contributed by atoms with Gasteiger partial charge >= 0.3 is 0 Å². The fraction of sp³-hybridized carbons (Fsp3) is 0.833. The summed E-state index contributed by atoms with van der Waals surface area (Å²) in [5.74, 6) is 3.12. The predicted octanol–water partition coefficient (Wildman–Crippen LogP) is 2.73. The average molecular weight is 180 g/mol. The number of hydrogen-bond acceptors (Lipinski definition) is 1. The van der Waals surface area contributed by atoms with Gasteiger partial charge in [-0.15, -0.1) is 12.3 Å². The van der Waals surface area contributed by atoms with Crippen LogP contribution in [-0.4, -0.2) is 11.2 Å². The van der Waals surface area contributed by atoms with Crippen LogP contribution in [0.25, 0.3) is 0 Å². The van der Waals surface area contributed by atoms with Crippen molar-refractivity contribution in [1.29, 1.82) is 0 Å². The van der Waals surface area contributed by atoms with E-state index in [1.54, 1.807) is 0 Å². The quantitative estimate of drug-likeness (QED) is 0.523.